The second-order valence-corrected chi connectivity index (χ2v) is 3.35. The summed E-state index contributed by atoms with van der Waals surface area (Å²) < 4.78 is 22.4. The fourth-order valence-corrected chi connectivity index (χ4v) is 1.26. The Morgan fingerprint density at radius 2 is 2.12 bits per heavy atom. The average molecular weight is 242 g/mol. The molecule has 0 aromatic heterocycles. The lowest BCUT2D eigenvalue weighted by molar-refractivity contribution is 0.0691. The van der Waals surface area contributed by atoms with Crippen molar-refractivity contribution in [3.63, 3.8) is 0 Å². The van der Waals surface area contributed by atoms with Gasteiger partial charge >= 0.3 is 5.97 Å². The number of hydrogen-bond donors (Lipinski definition) is 1. The molecule has 1 rings (SSSR count). The van der Waals surface area contributed by atoms with Crippen molar-refractivity contribution >= 4 is 5.97 Å². The highest BCUT2D eigenvalue weighted by Crippen LogP contribution is 2.25. The molecule has 0 radical (unpaired) electrons. The maximum Gasteiger partial charge on any atom is 0.339 e. The standard InChI is InChI=1S/C12H15FO4/c1-2-6-16-9-3-4-10(12(14)15)11(8-9)17-7-5-13/h3-4,8H,2,5-7H2,1H3,(H,14,15). The van der Waals surface area contributed by atoms with E-state index in [1.54, 1.807) is 6.07 Å². The molecule has 1 aromatic carbocycles. The van der Waals surface area contributed by atoms with E-state index in [4.69, 9.17) is 14.6 Å². The molecule has 0 fully saturated rings. The Bertz CT molecular complexity index is 379. The minimum absolute atomic E-state index is 0.00213. The number of rotatable bonds is 7. The molecule has 4 nitrogen and oxygen atoms in total. The molecule has 1 aromatic rings. The predicted octanol–water partition coefficient (Wildman–Crippen LogP) is 2.52. The molecular weight excluding hydrogens is 227 g/mol. The topological polar surface area (TPSA) is 55.8 Å². The number of aromatic carboxylic acids is 1. The molecular formula is C12H15FO4. The van der Waals surface area contributed by atoms with Crippen LogP contribution in [0.5, 0.6) is 11.5 Å². The number of alkyl halides is 1. The third-order valence-electron chi connectivity index (χ3n) is 1.99. The summed E-state index contributed by atoms with van der Waals surface area (Å²) in [6.45, 7) is 1.66. The minimum atomic E-state index is -1.11. The zero-order chi connectivity index (χ0) is 12.7. The zero-order valence-corrected chi connectivity index (χ0v) is 9.61. The van der Waals surface area contributed by atoms with Crippen LogP contribution in [0.4, 0.5) is 4.39 Å². The first kappa shape index (κ1) is 13.3. The van der Waals surface area contributed by atoms with E-state index < -0.39 is 12.6 Å². The van der Waals surface area contributed by atoms with Crippen LogP contribution in [0.25, 0.3) is 0 Å². The summed E-state index contributed by atoms with van der Waals surface area (Å²) in [6, 6.07) is 4.41. The number of carbonyl (C=O) groups is 1. The van der Waals surface area contributed by atoms with Gasteiger partial charge in [-0.2, -0.15) is 0 Å². The van der Waals surface area contributed by atoms with E-state index in [0.717, 1.165) is 6.42 Å². The predicted molar refractivity (Wildman–Crippen MR) is 60.7 cm³/mol. The van der Waals surface area contributed by atoms with E-state index in [9.17, 15) is 9.18 Å². The van der Waals surface area contributed by atoms with Crippen molar-refractivity contribution in [1.82, 2.24) is 0 Å². The molecule has 0 unspecified atom stereocenters. The average Bonchev–Trinajstić information content (AvgIpc) is 2.33. The lowest BCUT2D eigenvalue weighted by Crippen LogP contribution is -2.06. The molecule has 0 bridgehead atoms. The lowest BCUT2D eigenvalue weighted by atomic mass is 10.2. The number of carboxylic acids is 1. The molecule has 94 valence electrons. The molecule has 0 heterocycles. The molecule has 0 atom stereocenters. The van der Waals surface area contributed by atoms with Gasteiger partial charge in [0, 0.05) is 6.07 Å². The van der Waals surface area contributed by atoms with Crippen LogP contribution in [0.1, 0.15) is 23.7 Å². The number of benzene rings is 1. The number of carboxylic acid groups (broad SMARTS) is 1. The summed E-state index contributed by atoms with van der Waals surface area (Å²) in [4.78, 5) is 10.9. The van der Waals surface area contributed by atoms with Crippen molar-refractivity contribution in [2.24, 2.45) is 0 Å². The minimum Gasteiger partial charge on any atom is -0.493 e. The molecule has 0 aliphatic rings. The highest BCUT2D eigenvalue weighted by atomic mass is 19.1. The van der Waals surface area contributed by atoms with Crippen LogP contribution >= 0.6 is 0 Å². The second kappa shape index (κ2) is 6.73. The molecule has 0 saturated heterocycles. The van der Waals surface area contributed by atoms with Crippen LogP contribution in [0, 0.1) is 0 Å². The van der Waals surface area contributed by atoms with Gasteiger partial charge in [-0.3, -0.25) is 0 Å². The summed E-state index contributed by atoms with van der Waals surface area (Å²) in [5, 5.41) is 8.92. The highest BCUT2D eigenvalue weighted by Gasteiger charge is 2.12. The van der Waals surface area contributed by atoms with E-state index >= 15 is 0 Å². The third kappa shape index (κ3) is 3.94. The largest absolute Gasteiger partial charge is 0.493 e. The van der Waals surface area contributed by atoms with Crippen LogP contribution in [0.2, 0.25) is 0 Å². The van der Waals surface area contributed by atoms with E-state index in [0.29, 0.717) is 12.4 Å². The first-order valence-corrected chi connectivity index (χ1v) is 5.38. The van der Waals surface area contributed by atoms with Gasteiger partial charge < -0.3 is 14.6 Å². The first-order valence-electron chi connectivity index (χ1n) is 5.38. The Morgan fingerprint density at radius 1 is 1.35 bits per heavy atom. The molecule has 5 heteroatoms. The van der Waals surface area contributed by atoms with E-state index in [1.165, 1.54) is 12.1 Å². The van der Waals surface area contributed by atoms with Crippen molar-refractivity contribution in [2.75, 3.05) is 19.9 Å². The maximum atomic E-state index is 12.0. The Hall–Kier alpha value is -1.78. The number of ether oxygens (including phenoxy) is 2. The van der Waals surface area contributed by atoms with E-state index in [2.05, 4.69) is 0 Å². The molecule has 1 N–H and O–H groups in total. The summed E-state index contributed by atoms with van der Waals surface area (Å²) in [5.74, 6) is -0.463. The normalized spacial score (nSPS) is 10.0. The van der Waals surface area contributed by atoms with E-state index in [1.807, 2.05) is 6.92 Å². The van der Waals surface area contributed by atoms with Crippen LogP contribution < -0.4 is 9.47 Å². The molecule has 0 aliphatic heterocycles. The van der Waals surface area contributed by atoms with Crippen molar-refractivity contribution in [3.05, 3.63) is 23.8 Å². The maximum absolute atomic E-state index is 12.0. The van der Waals surface area contributed by atoms with Crippen molar-refractivity contribution < 1.29 is 23.8 Å². The molecule has 0 aliphatic carbocycles. The smallest absolute Gasteiger partial charge is 0.339 e. The first-order chi connectivity index (χ1) is 8.19. The fraction of sp³-hybridized carbons (Fsp3) is 0.417. The van der Waals surface area contributed by atoms with Gasteiger partial charge in [-0.05, 0) is 18.6 Å². The van der Waals surface area contributed by atoms with Gasteiger partial charge in [-0.1, -0.05) is 6.92 Å². The van der Waals surface area contributed by atoms with Gasteiger partial charge in [0.25, 0.3) is 0 Å². The molecule has 0 spiro atoms. The zero-order valence-electron chi connectivity index (χ0n) is 9.61. The summed E-state index contributed by atoms with van der Waals surface area (Å²) in [7, 11) is 0. The molecule has 17 heavy (non-hydrogen) atoms. The molecule has 0 saturated carbocycles. The molecule has 0 amide bonds. The Labute approximate surface area is 99.0 Å². The van der Waals surface area contributed by atoms with E-state index in [-0.39, 0.29) is 17.9 Å². The number of halogens is 1. The SMILES string of the molecule is CCCOc1ccc(C(=O)O)c(OCCF)c1. The summed E-state index contributed by atoms with van der Waals surface area (Å²) in [5.41, 5.74) is 0.00213. The summed E-state index contributed by atoms with van der Waals surface area (Å²) in [6.07, 6.45) is 0.849. The van der Waals surface area contributed by atoms with Gasteiger partial charge in [-0.25, -0.2) is 9.18 Å². The van der Waals surface area contributed by atoms with Gasteiger partial charge in [-0.15, -0.1) is 0 Å². The van der Waals surface area contributed by atoms with Crippen molar-refractivity contribution in [1.29, 1.82) is 0 Å². The van der Waals surface area contributed by atoms with Gasteiger partial charge in [0.15, 0.2) is 0 Å². The van der Waals surface area contributed by atoms with Crippen LogP contribution in [-0.2, 0) is 0 Å². The monoisotopic (exact) mass is 242 g/mol. The fourth-order valence-electron chi connectivity index (χ4n) is 1.26. The Balaban J connectivity index is 2.88. The van der Waals surface area contributed by atoms with Gasteiger partial charge in [0.05, 0.1) is 6.61 Å². The van der Waals surface area contributed by atoms with Gasteiger partial charge in [0.1, 0.15) is 30.3 Å². The third-order valence-corrected chi connectivity index (χ3v) is 1.99. The second-order valence-electron chi connectivity index (χ2n) is 3.35. The quantitative estimate of drug-likeness (QED) is 0.798. The Kier molecular flexibility index (Phi) is 5.26. The van der Waals surface area contributed by atoms with Crippen LogP contribution in [-0.4, -0.2) is 31.0 Å². The van der Waals surface area contributed by atoms with Crippen molar-refractivity contribution in [2.45, 2.75) is 13.3 Å². The number of hydrogen-bond acceptors (Lipinski definition) is 3. The van der Waals surface area contributed by atoms with Crippen LogP contribution in [0.15, 0.2) is 18.2 Å². The lowest BCUT2D eigenvalue weighted by Gasteiger charge is -2.10. The summed E-state index contributed by atoms with van der Waals surface area (Å²) >= 11 is 0. The van der Waals surface area contributed by atoms with Crippen LogP contribution in [0.3, 0.4) is 0 Å². The van der Waals surface area contributed by atoms with Gasteiger partial charge in [0.2, 0.25) is 0 Å². The Morgan fingerprint density at radius 3 is 2.71 bits per heavy atom. The van der Waals surface area contributed by atoms with Crippen molar-refractivity contribution in [3.8, 4) is 11.5 Å². The highest BCUT2D eigenvalue weighted by molar-refractivity contribution is 5.91.